The van der Waals surface area contributed by atoms with Gasteiger partial charge >= 0.3 is 0 Å². The van der Waals surface area contributed by atoms with Gasteiger partial charge in [-0.15, -0.1) is 0 Å². The molecular weight excluding hydrogens is 443 g/mol. The van der Waals surface area contributed by atoms with Crippen molar-refractivity contribution in [2.75, 3.05) is 12.3 Å². The van der Waals surface area contributed by atoms with Crippen LogP contribution in [0.2, 0.25) is 0 Å². The second kappa shape index (κ2) is 8.26. The highest BCUT2D eigenvalue weighted by Crippen LogP contribution is 2.49. The lowest BCUT2D eigenvalue weighted by Gasteiger charge is -2.27. The third-order valence-corrected chi connectivity index (χ3v) is 7.33. The Hall–Kier alpha value is -3.27. The first-order valence-corrected chi connectivity index (χ1v) is 11.8. The molecule has 8 nitrogen and oxygen atoms in total. The molecule has 5 rings (SSSR count). The molecule has 3 atom stereocenters. The number of aryl methyl sites for hydroxylation is 2. The molecule has 172 valence electrons. The Morgan fingerprint density at radius 2 is 2.15 bits per heavy atom. The van der Waals surface area contributed by atoms with E-state index in [-0.39, 0.29) is 40.5 Å². The summed E-state index contributed by atoms with van der Waals surface area (Å²) in [5, 5.41) is 7.56. The minimum Gasteiger partial charge on any atom is -0.375 e. The molecule has 2 amide bonds. The van der Waals surface area contributed by atoms with E-state index in [2.05, 4.69) is 15.4 Å². The SMILES string of the molecule is CCn1cc(C(=O)NC[C@@H]2CC3CC3N2C(=O)c2nc(N)sc2-c2cccc(F)c2)c(C)n1. The van der Waals surface area contributed by atoms with E-state index >= 15 is 0 Å². The van der Waals surface area contributed by atoms with Gasteiger partial charge in [0.2, 0.25) is 0 Å². The molecule has 0 bridgehead atoms. The van der Waals surface area contributed by atoms with E-state index in [1.165, 1.54) is 23.5 Å². The van der Waals surface area contributed by atoms with Gasteiger partial charge in [0.25, 0.3) is 11.8 Å². The van der Waals surface area contributed by atoms with Gasteiger partial charge in [-0.3, -0.25) is 14.3 Å². The summed E-state index contributed by atoms with van der Waals surface area (Å²) in [6, 6.07) is 6.09. The lowest BCUT2D eigenvalue weighted by atomic mass is 10.1. The molecule has 33 heavy (non-hydrogen) atoms. The number of thiazole rings is 1. The predicted molar refractivity (Wildman–Crippen MR) is 123 cm³/mol. The van der Waals surface area contributed by atoms with E-state index in [1.807, 2.05) is 18.7 Å². The van der Waals surface area contributed by atoms with Crippen molar-refractivity contribution in [2.45, 2.75) is 45.3 Å². The highest BCUT2D eigenvalue weighted by Gasteiger charge is 2.54. The minimum absolute atomic E-state index is 0.130. The average Bonchev–Trinajstić information content (AvgIpc) is 3.11. The number of anilines is 1. The van der Waals surface area contributed by atoms with Crippen LogP contribution in [0.5, 0.6) is 0 Å². The van der Waals surface area contributed by atoms with Crippen molar-refractivity contribution >= 4 is 28.3 Å². The molecule has 1 saturated carbocycles. The molecule has 0 spiro atoms. The first kappa shape index (κ1) is 21.6. The summed E-state index contributed by atoms with van der Waals surface area (Å²) in [6.07, 6.45) is 3.52. The Morgan fingerprint density at radius 1 is 1.33 bits per heavy atom. The topological polar surface area (TPSA) is 106 Å². The molecule has 2 aromatic heterocycles. The fourth-order valence-electron chi connectivity index (χ4n) is 4.70. The van der Waals surface area contributed by atoms with Crippen LogP contribution in [0.4, 0.5) is 9.52 Å². The number of fused-ring (bicyclic) bond motifs is 1. The number of rotatable bonds is 6. The molecule has 3 heterocycles. The van der Waals surface area contributed by atoms with E-state index < -0.39 is 0 Å². The van der Waals surface area contributed by atoms with Crippen molar-refractivity contribution in [1.29, 1.82) is 0 Å². The normalized spacial score (nSPS) is 21.2. The Balaban J connectivity index is 1.35. The summed E-state index contributed by atoms with van der Waals surface area (Å²) in [5.74, 6) is -0.363. The van der Waals surface area contributed by atoms with Gasteiger partial charge in [0.15, 0.2) is 5.13 Å². The molecule has 1 saturated heterocycles. The van der Waals surface area contributed by atoms with Gasteiger partial charge < -0.3 is 16.0 Å². The quantitative estimate of drug-likeness (QED) is 0.578. The number of aromatic nitrogens is 3. The highest BCUT2D eigenvalue weighted by molar-refractivity contribution is 7.19. The number of nitrogens with zero attached hydrogens (tertiary/aromatic N) is 4. The molecule has 0 radical (unpaired) electrons. The number of hydrogen-bond acceptors (Lipinski definition) is 6. The summed E-state index contributed by atoms with van der Waals surface area (Å²) < 4.78 is 15.5. The second-order valence-corrected chi connectivity index (χ2v) is 9.63. The van der Waals surface area contributed by atoms with Gasteiger partial charge in [0, 0.05) is 25.3 Å². The lowest BCUT2D eigenvalue weighted by molar-refractivity contribution is 0.0684. The summed E-state index contributed by atoms with van der Waals surface area (Å²) in [6.45, 7) is 4.81. The number of likely N-dealkylation sites (tertiary alicyclic amines) is 1. The molecule has 3 aromatic rings. The number of hydrogen-bond donors (Lipinski definition) is 2. The Kier molecular flexibility index (Phi) is 5.40. The van der Waals surface area contributed by atoms with Gasteiger partial charge in [0.1, 0.15) is 11.5 Å². The van der Waals surface area contributed by atoms with Crippen molar-refractivity contribution < 1.29 is 14.0 Å². The molecule has 1 aliphatic heterocycles. The Labute approximate surface area is 194 Å². The van der Waals surface area contributed by atoms with Crippen LogP contribution in [-0.4, -0.2) is 50.1 Å². The summed E-state index contributed by atoms with van der Waals surface area (Å²) >= 11 is 1.17. The number of carbonyl (C=O) groups excluding carboxylic acids is 2. The average molecular weight is 469 g/mol. The van der Waals surface area contributed by atoms with Gasteiger partial charge in [0.05, 0.1) is 22.2 Å². The zero-order valence-corrected chi connectivity index (χ0v) is 19.2. The van der Waals surface area contributed by atoms with Gasteiger partial charge in [-0.05, 0) is 50.3 Å². The van der Waals surface area contributed by atoms with E-state index in [1.54, 1.807) is 23.0 Å². The fraction of sp³-hybridized carbons (Fsp3) is 0.391. The maximum absolute atomic E-state index is 13.8. The van der Waals surface area contributed by atoms with Gasteiger partial charge in [-0.2, -0.15) is 5.10 Å². The van der Waals surface area contributed by atoms with Crippen LogP contribution < -0.4 is 11.1 Å². The smallest absolute Gasteiger partial charge is 0.274 e. The van der Waals surface area contributed by atoms with Crippen LogP contribution in [0.15, 0.2) is 30.5 Å². The van der Waals surface area contributed by atoms with E-state index in [0.717, 1.165) is 12.8 Å². The predicted octanol–water partition coefficient (Wildman–Crippen LogP) is 3.09. The molecular formula is C23H25FN6O2S. The number of carbonyl (C=O) groups is 2. The van der Waals surface area contributed by atoms with E-state index in [9.17, 15) is 14.0 Å². The van der Waals surface area contributed by atoms with Gasteiger partial charge in [-0.1, -0.05) is 23.5 Å². The number of nitrogens with two attached hydrogens (primary N) is 1. The van der Waals surface area contributed by atoms with Crippen LogP contribution in [-0.2, 0) is 6.54 Å². The largest absolute Gasteiger partial charge is 0.375 e. The minimum atomic E-state index is -0.386. The first-order chi connectivity index (χ1) is 15.9. The van der Waals surface area contributed by atoms with Crippen molar-refractivity contribution in [3.05, 3.63) is 53.2 Å². The van der Waals surface area contributed by atoms with Crippen LogP contribution in [0.3, 0.4) is 0 Å². The molecule has 1 aromatic carbocycles. The Morgan fingerprint density at radius 3 is 2.88 bits per heavy atom. The number of benzene rings is 1. The van der Waals surface area contributed by atoms with Crippen LogP contribution in [0, 0.1) is 18.7 Å². The fourth-order valence-corrected chi connectivity index (χ4v) is 5.52. The standard InChI is InChI=1S/C23H25FN6O2S/c1-3-29-11-17(12(2)28-29)21(31)26-10-16-8-14-9-18(14)30(16)22(32)19-20(33-23(25)27-19)13-5-4-6-15(24)7-13/h4-7,11,14,16,18H,3,8-10H2,1-2H3,(H2,25,27)(H,26,31)/t14?,16-,18?/m0/s1. The van der Waals surface area contributed by atoms with Crippen molar-refractivity contribution in [2.24, 2.45) is 5.92 Å². The molecule has 2 unspecified atom stereocenters. The number of piperidine rings is 1. The van der Waals surface area contributed by atoms with Crippen molar-refractivity contribution in [1.82, 2.24) is 25.0 Å². The first-order valence-electron chi connectivity index (χ1n) is 11.0. The highest BCUT2D eigenvalue weighted by atomic mass is 32.1. The van der Waals surface area contributed by atoms with E-state index in [0.29, 0.717) is 40.7 Å². The van der Waals surface area contributed by atoms with Crippen LogP contribution in [0.25, 0.3) is 10.4 Å². The lowest BCUT2D eigenvalue weighted by Crippen LogP contribution is -2.45. The molecule has 2 fully saturated rings. The number of nitrogen functional groups attached to an aromatic ring is 1. The monoisotopic (exact) mass is 468 g/mol. The Bertz CT molecular complexity index is 1240. The molecule has 2 aliphatic rings. The second-order valence-electron chi connectivity index (χ2n) is 8.60. The van der Waals surface area contributed by atoms with Crippen molar-refractivity contribution in [3.8, 4) is 10.4 Å². The number of nitrogens with one attached hydrogen (secondary N) is 1. The maximum atomic E-state index is 13.8. The maximum Gasteiger partial charge on any atom is 0.274 e. The third kappa shape index (κ3) is 3.99. The zero-order chi connectivity index (χ0) is 23.3. The van der Waals surface area contributed by atoms with E-state index in [4.69, 9.17) is 5.73 Å². The third-order valence-electron chi connectivity index (χ3n) is 6.39. The number of amides is 2. The van der Waals surface area contributed by atoms with Crippen molar-refractivity contribution in [3.63, 3.8) is 0 Å². The summed E-state index contributed by atoms with van der Waals surface area (Å²) in [5.41, 5.74) is 7.97. The molecule has 10 heteroatoms. The van der Waals surface area contributed by atoms with Gasteiger partial charge in [-0.25, -0.2) is 9.37 Å². The molecule has 1 aliphatic carbocycles. The van der Waals surface area contributed by atoms with Crippen LogP contribution in [0.1, 0.15) is 46.3 Å². The summed E-state index contributed by atoms with van der Waals surface area (Å²) in [4.78, 5) is 33.0. The van der Waals surface area contributed by atoms with Crippen LogP contribution >= 0.6 is 11.3 Å². The zero-order valence-electron chi connectivity index (χ0n) is 18.4. The number of halogens is 1. The summed E-state index contributed by atoms with van der Waals surface area (Å²) in [7, 11) is 0. The molecule has 3 N–H and O–H groups in total.